The average Bonchev–Trinajstić information content (AvgIpc) is 3.18. The van der Waals surface area contributed by atoms with Crippen molar-refractivity contribution < 1.29 is 9.90 Å². The quantitative estimate of drug-likeness (QED) is 0.272. The van der Waals surface area contributed by atoms with E-state index in [0.29, 0.717) is 13.0 Å². The third kappa shape index (κ3) is 4.28. The van der Waals surface area contributed by atoms with E-state index in [-0.39, 0.29) is 17.6 Å². The first-order chi connectivity index (χ1) is 12.1. The van der Waals surface area contributed by atoms with E-state index in [2.05, 4.69) is 20.5 Å². The number of nitrogens with two attached hydrogens (primary N) is 1. The summed E-state index contributed by atoms with van der Waals surface area (Å²) in [5.41, 5.74) is 7.49. The number of nitrogens with one attached hydrogen (secondary N) is 2. The lowest BCUT2D eigenvalue weighted by Crippen LogP contribution is -2.34. The standard InChI is InChI=1S/C17H22N6O2/c18-17(19-6-2-8-23-7-1-3-16(23)25)22-21-11-12-10-20-15-5-4-13(24)9-14(12)15/h4-5,9-11,20,24H,1-3,6-8H2,(H3,18,19,22). The summed E-state index contributed by atoms with van der Waals surface area (Å²) < 4.78 is 0. The molecule has 0 atom stereocenters. The first-order valence-corrected chi connectivity index (χ1v) is 8.32. The van der Waals surface area contributed by atoms with E-state index in [1.165, 1.54) is 0 Å². The average molecular weight is 342 g/mol. The van der Waals surface area contributed by atoms with Gasteiger partial charge in [-0.25, -0.2) is 0 Å². The molecule has 0 aliphatic carbocycles. The number of aromatic nitrogens is 1. The number of hydrogen-bond donors (Lipinski definition) is 4. The summed E-state index contributed by atoms with van der Waals surface area (Å²) in [5.74, 6) is 0.658. The molecule has 25 heavy (non-hydrogen) atoms. The lowest BCUT2D eigenvalue weighted by Gasteiger charge is -2.15. The van der Waals surface area contributed by atoms with Crippen molar-refractivity contribution in [3.05, 3.63) is 30.0 Å². The molecule has 0 radical (unpaired) electrons. The highest BCUT2D eigenvalue weighted by Crippen LogP contribution is 2.21. The van der Waals surface area contributed by atoms with Crippen molar-refractivity contribution in [2.45, 2.75) is 19.3 Å². The van der Waals surface area contributed by atoms with E-state index in [0.717, 1.165) is 42.4 Å². The molecule has 2 aromatic rings. The second-order valence-electron chi connectivity index (χ2n) is 5.97. The van der Waals surface area contributed by atoms with Gasteiger partial charge in [0, 0.05) is 48.7 Å². The third-order valence-corrected chi connectivity index (χ3v) is 4.14. The molecule has 0 bridgehead atoms. The Morgan fingerprint density at radius 1 is 1.48 bits per heavy atom. The zero-order valence-electron chi connectivity index (χ0n) is 13.9. The number of phenols is 1. The van der Waals surface area contributed by atoms with Crippen LogP contribution < -0.4 is 11.1 Å². The predicted octanol–water partition coefficient (Wildman–Crippen LogP) is 1.12. The maximum Gasteiger partial charge on any atom is 0.222 e. The Labute approximate surface area is 145 Å². The maximum atomic E-state index is 11.5. The zero-order valence-corrected chi connectivity index (χ0v) is 13.9. The molecule has 0 saturated carbocycles. The summed E-state index contributed by atoms with van der Waals surface area (Å²) in [6.07, 6.45) is 5.80. The van der Waals surface area contributed by atoms with E-state index in [1.54, 1.807) is 30.6 Å². The van der Waals surface area contributed by atoms with Gasteiger partial charge in [-0.3, -0.25) is 4.79 Å². The van der Waals surface area contributed by atoms with Crippen molar-refractivity contribution in [2.75, 3.05) is 19.6 Å². The van der Waals surface area contributed by atoms with Crippen LogP contribution in [-0.2, 0) is 4.79 Å². The van der Waals surface area contributed by atoms with E-state index in [1.807, 2.05) is 4.90 Å². The molecular formula is C17H22N6O2. The van der Waals surface area contributed by atoms with E-state index < -0.39 is 0 Å². The van der Waals surface area contributed by atoms with Crippen LogP contribution >= 0.6 is 0 Å². The van der Waals surface area contributed by atoms with Crippen LogP contribution in [-0.4, -0.2) is 52.7 Å². The van der Waals surface area contributed by atoms with Gasteiger partial charge in [0.2, 0.25) is 11.9 Å². The Balaban J connectivity index is 1.48. The molecule has 1 aliphatic rings. The summed E-state index contributed by atoms with van der Waals surface area (Å²) in [5, 5.41) is 21.3. The summed E-state index contributed by atoms with van der Waals surface area (Å²) in [6, 6.07) is 5.08. The number of nitrogens with zero attached hydrogens (tertiary/aromatic N) is 3. The number of rotatable bonds is 6. The van der Waals surface area contributed by atoms with Crippen molar-refractivity contribution in [3.8, 4) is 5.75 Å². The van der Waals surface area contributed by atoms with Crippen LogP contribution in [0.4, 0.5) is 0 Å². The van der Waals surface area contributed by atoms with Crippen LogP contribution in [0, 0.1) is 0 Å². The van der Waals surface area contributed by atoms with Crippen molar-refractivity contribution in [1.29, 1.82) is 0 Å². The highest BCUT2D eigenvalue weighted by Gasteiger charge is 2.18. The van der Waals surface area contributed by atoms with Gasteiger partial charge in [-0.2, -0.15) is 5.10 Å². The molecule has 5 N–H and O–H groups in total. The number of benzene rings is 1. The second-order valence-corrected chi connectivity index (χ2v) is 5.97. The zero-order chi connectivity index (χ0) is 17.6. The molecule has 132 valence electrons. The second kappa shape index (κ2) is 7.69. The molecule has 1 aromatic carbocycles. The van der Waals surface area contributed by atoms with Gasteiger partial charge < -0.3 is 26.0 Å². The lowest BCUT2D eigenvalue weighted by atomic mass is 10.2. The molecule has 3 rings (SSSR count). The number of carbonyl (C=O) groups is 1. The van der Waals surface area contributed by atoms with Gasteiger partial charge in [0.15, 0.2) is 0 Å². The molecule has 1 saturated heterocycles. The highest BCUT2D eigenvalue weighted by atomic mass is 16.3. The smallest absolute Gasteiger partial charge is 0.222 e. The molecule has 0 unspecified atom stereocenters. The number of phenolic OH excluding ortho intramolecular Hbond substituents is 1. The lowest BCUT2D eigenvalue weighted by molar-refractivity contribution is -0.127. The summed E-state index contributed by atoms with van der Waals surface area (Å²) in [4.78, 5) is 16.5. The maximum absolute atomic E-state index is 11.5. The number of likely N-dealkylation sites (tertiary alicyclic amines) is 1. The predicted molar refractivity (Wildman–Crippen MR) is 97.6 cm³/mol. The number of carbonyl (C=O) groups excluding carboxylic acids is 1. The van der Waals surface area contributed by atoms with Crippen molar-refractivity contribution in [2.24, 2.45) is 15.9 Å². The summed E-state index contributed by atoms with van der Waals surface area (Å²) in [7, 11) is 0. The summed E-state index contributed by atoms with van der Waals surface area (Å²) in [6.45, 7) is 2.23. The van der Waals surface area contributed by atoms with E-state index in [4.69, 9.17) is 5.73 Å². The first-order valence-electron chi connectivity index (χ1n) is 8.32. The van der Waals surface area contributed by atoms with Gasteiger partial charge in [-0.05, 0) is 31.0 Å². The van der Waals surface area contributed by atoms with Crippen LogP contribution in [0.15, 0.2) is 34.6 Å². The van der Waals surface area contributed by atoms with Gasteiger partial charge in [0.25, 0.3) is 0 Å². The minimum atomic E-state index is 0.197. The number of aromatic amines is 1. The largest absolute Gasteiger partial charge is 0.508 e. The fraction of sp³-hybridized carbons (Fsp3) is 0.353. The fourth-order valence-electron chi connectivity index (χ4n) is 2.85. The van der Waals surface area contributed by atoms with Crippen LogP contribution in [0.1, 0.15) is 24.8 Å². The van der Waals surface area contributed by atoms with Gasteiger partial charge in [-0.15, -0.1) is 5.10 Å². The first kappa shape index (κ1) is 16.8. The molecule has 1 fully saturated rings. The Bertz CT molecular complexity index is 811. The Hall–Kier alpha value is -3.03. The molecule has 1 amide bonds. The molecule has 1 aromatic heterocycles. The van der Waals surface area contributed by atoms with Gasteiger partial charge >= 0.3 is 0 Å². The summed E-state index contributed by atoms with van der Waals surface area (Å²) >= 11 is 0. The number of hydrogen-bond acceptors (Lipinski definition) is 4. The molecule has 2 heterocycles. The molecule has 8 heteroatoms. The van der Waals surface area contributed by atoms with Crippen LogP contribution in [0.2, 0.25) is 0 Å². The van der Waals surface area contributed by atoms with E-state index in [9.17, 15) is 9.90 Å². The van der Waals surface area contributed by atoms with Crippen LogP contribution in [0.25, 0.3) is 10.9 Å². The van der Waals surface area contributed by atoms with Crippen molar-refractivity contribution in [3.63, 3.8) is 0 Å². The Morgan fingerprint density at radius 3 is 3.16 bits per heavy atom. The minimum absolute atomic E-state index is 0.197. The van der Waals surface area contributed by atoms with Crippen LogP contribution in [0.5, 0.6) is 5.75 Å². The fourth-order valence-corrected chi connectivity index (χ4v) is 2.85. The Morgan fingerprint density at radius 2 is 2.36 bits per heavy atom. The van der Waals surface area contributed by atoms with Gasteiger partial charge in [-0.1, -0.05) is 0 Å². The number of fused-ring (bicyclic) bond motifs is 1. The number of H-pyrrole nitrogens is 1. The third-order valence-electron chi connectivity index (χ3n) is 4.14. The number of amides is 1. The van der Waals surface area contributed by atoms with E-state index >= 15 is 0 Å². The molecular weight excluding hydrogens is 320 g/mol. The van der Waals surface area contributed by atoms with Gasteiger partial charge in [0.1, 0.15) is 5.75 Å². The highest BCUT2D eigenvalue weighted by molar-refractivity contribution is 5.99. The topological polar surface area (TPSA) is 119 Å². The monoisotopic (exact) mass is 342 g/mol. The van der Waals surface area contributed by atoms with Crippen molar-refractivity contribution in [1.82, 2.24) is 15.2 Å². The molecule has 0 spiro atoms. The molecule has 8 nitrogen and oxygen atoms in total. The number of guanidine groups is 1. The van der Waals surface area contributed by atoms with Crippen molar-refractivity contribution >= 4 is 29.0 Å². The molecule has 1 aliphatic heterocycles. The van der Waals surface area contributed by atoms with Gasteiger partial charge in [0.05, 0.1) is 6.21 Å². The SMILES string of the molecule is NC(=NN=Cc1c[nH]c2ccc(O)cc12)NCCCN1CCCC1=O. The normalized spacial score (nSPS) is 15.6. The Kier molecular flexibility index (Phi) is 5.17. The minimum Gasteiger partial charge on any atom is -0.508 e. The van der Waals surface area contributed by atoms with Crippen LogP contribution in [0.3, 0.4) is 0 Å². The number of aromatic hydroxyl groups is 1.